The molecule has 0 radical (unpaired) electrons. The number of hydrogen-bond acceptors (Lipinski definition) is 5. The largest absolute Gasteiger partial charge is 0.618 e. The molecule has 48 heavy (non-hydrogen) atoms. The summed E-state index contributed by atoms with van der Waals surface area (Å²) in [5.41, 5.74) is 6.50. The van der Waals surface area contributed by atoms with Gasteiger partial charge in [-0.05, 0) is 95.8 Å². The highest BCUT2D eigenvalue weighted by Gasteiger charge is 2.28. The molecule has 3 heterocycles. The number of urea groups is 1. The van der Waals surface area contributed by atoms with Crippen LogP contribution in [0.3, 0.4) is 0 Å². The lowest BCUT2D eigenvalue weighted by molar-refractivity contribution is -0.614. The number of pyridine rings is 1. The number of carbonyl (C=O) groups is 1. The second-order valence-electron chi connectivity index (χ2n) is 12.7. The van der Waals surface area contributed by atoms with Gasteiger partial charge in [0.1, 0.15) is 6.33 Å². The third kappa shape index (κ3) is 7.11. The SMILES string of the molecule is O=C(NC1CC=CC1)N1CCC(c2cccc([C@H](CCc3ccccc3)c3ccc(-c4cc(Cl)ccc4-n4cnnn4)c[n+]3[O-])c2)CC1. The first kappa shape index (κ1) is 31.6. The van der Waals surface area contributed by atoms with Gasteiger partial charge in [0.25, 0.3) is 0 Å². The van der Waals surface area contributed by atoms with Crippen molar-refractivity contribution in [1.82, 2.24) is 30.4 Å². The Bertz CT molecular complexity index is 1880. The number of aromatic nitrogens is 5. The summed E-state index contributed by atoms with van der Waals surface area (Å²) in [6.07, 6.45) is 12.7. The van der Waals surface area contributed by atoms with E-state index >= 15 is 0 Å². The molecule has 10 heteroatoms. The molecule has 5 aromatic rings. The summed E-state index contributed by atoms with van der Waals surface area (Å²) >= 11 is 6.39. The van der Waals surface area contributed by atoms with Crippen molar-refractivity contribution in [1.29, 1.82) is 0 Å². The first-order valence-electron chi connectivity index (χ1n) is 16.6. The highest BCUT2D eigenvalue weighted by atomic mass is 35.5. The molecular weight excluding hydrogens is 622 g/mol. The molecule has 0 bridgehead atoms. The van der Waals surface area contributed by atoms with Gasteiger partial charge in [-0.15, -0.1) is 5.10 Å². The van der Waals surface area contributed by atoms with E-state index in [0.29, 0.717) is 16.6 Å². The lowest BCUT2D eigenvalue weighted by Gasteiger charge is -2.33. The molecule has 1 aliphatic heterocycles. The van der Waals surface area contributed by atoms with Crippen LogP contribution >= 0.6 is 11.6 Å². The quantitative estimate of drug-likeness (QED) is 0.104. The Morgan fingerprint density at radius 2 is 1.79 bits per heavy atom. The van der Waals surface area contributed by atoms with Gasteiger partial charge in [-0.1, -0.05) is 78.4 Å². The Kier molecular flexibility index (Phi) is 9.47. The molecule has 244 valence electrons. The summed E-state index contributed by atoms with van der Waals surface area (Å²) in [5.74, 6) is 0.229. The van der Waals surface area contributed by atoms with Crippen molar-refractivity contribution in [2.24, 2.45) is 0 Å². The maximum absolute atomic E-state index is 13.9. The molecule has 1 N–H and O–H groups in total. The van der Waals surface area contributed by atoms with Crippen LogP contribution in [-0.2, 0) is 6.42 Å². The molecule has 0 spiro atoms. The minimum Gasteiger partial charge on any atom is -0.618 e. The van der Waals surface area contributed by atoms with E-state index in [1.165, 1.54) is 17.5 Å². The highest BCUT2D eigenvalue weighted by molar-refractivity contribution is 6.31. The number of aryl methyl sites for hydroxylation is 1. The van der Waals surface area contributed by atoms with Crippen LogP contribution in [0.5, 0.6) is 0 Å². The van der Waals surface area contributed by atoms with Crippen LogP contribution in [0.4, 0.5) is 4.79 Å². The van der Waals surface area contributed by atoms with Crippen molar-refractivity contribution in [2.45, 2.75) is 56.4 Å². The first-order valence-corrected chi connectivity index (χ1v) is 17.0. The smallest absolute Gasteiger partial charge is 0.317 e. The van der Waals surface area contributed by atoms with Gasteiger partial charge in [0.15, 0.2) is 11.9 Å². The zero-order valence-corrected chi connectivity index (χ0v) is 27.4. The molecule has 2 aliphatic rings. The van der Waals surface area contributed by atoms with Crippen molar-refractivity contribution in [2.75, 3.05) is 13.1 Å². The Morgan fingerprint density at radius 3 is 2.54 bits per heavy atom. The van der Waals surface area contributed by atoms with Crippen LogP contribution in [-0.4, -0.2) is 50.3 Å². The number of nitrogens with one attached hydrogen (secondary N) is 1. The Balaban J connectivity index is 1.14. The molecule has 1 atom stereocenters. The second-order valence-corrected chi connectivity index (χ2v) is 13.1. The maximum atomic E-state index is 13.9. The number of benzene rings is 3. The minimum absolute atomic E-state index is 0.0446. The van der Waals surface area contributed by atoms with Gasteiger partial charge < -0.3 is 15.4 Å². The number of nitrogens with zero attached hydrogens (tertiary/aromatic N) is 6. The number of tetrazole rings is 1. The first-order chi connectivity index (χ1) is 23.5. The van der Waals surface area contributed by atoms with E-state index in [9.17, 15) is 10.0 Å². The molecule has 1 fully saturated rings. The fourth-order valence-electron chi connectivity index (χ4n) is 7.02. The van der Waals surface area contributed by atoms with E-state index in [0.717, 1.165) is 78.7 Å². The van der Waals surface area contributed by atoms with Crippen LogP contribution in [0.15, 0.2) is 110 Å². The van der Waals surface area contributed by atoms with Gasteiger partial charge in [-0.2, -0.15) is 9.41 Å². The van der Waals surface area contributed by atoms with Crippen molar-refractivity contribution in [3.05, 3.63) is 142 Å². The Labute approximate surface area is 285 Å². The Morgan fingerprint density at radius 1 is 0.979 bits per heavy atom. The van der Waals surface area contributed by atoms with Crippen LogP contribution in [0, 0.1) is 5.21 Å². The average molecular weight is 660 g/mol. The number of halogens is 1. The van der Waals surface area contributed by atoms with Crippen LogP contribution < -0.4 is 10.0 Å². The monoisotopic (exact) mass is 659 g/mol. The van der Waals surface area contributed by atoms with Gasteiger partial charge >= 0.3 is 6.03 Å². The predicted octanol–water partition coefficient (Wildman–Crippen LogP) is 6.99. The van der Waals surface area contributed by atoms with E-state index in [1.54, 1.807) is 16.9 Å². The standard InChI is InChI=1S/C38H38ClN7O2/c39-32-15-18-36(45-26-40-42-43-45)35(24-32)31-14-17-37(46(48)25-31)34(16-13-27-7-2-1-3-8-27)30-10-6-9-29(23-30)28-19-21-44(22-20-28)38(47)41-33-11-4-5-12-33/h1-10,14-15,17-18,23-26,28,33-34H,11-13,16,19-22H2,(H,41,47)/t34-/m0/s1. The molecule has 1 aliphatic carbocycles. The molecule has 0 unspecified atom stereocenters. The number of carbonyl (C=O) groups excluding carboxylic acids is 1. The zero-order chi connectivity index (χ0) is 32.9. The summed E-state index contributed by atoms with van der Waals surface area (Å²) < 4.78 is 2.56. The summed E-state index contributed by atoms with van der Waals surface area (Å²) in [4.78, 5) is 14.8. The normalized spacial score (nSPS) is 15.9. The van der Waals surface area contributed by atoms with Gasteiger partial charge in [-0.25, -0.2) is 4.79 Å². The van der Waals surface area contributed by atoms with Crippen LogP contribution in [0.1, 0.15) is 66.3 Å². The van der Waals surface area contributed by atoms with Crippen molar-refractivity contribution in [3.63, 3.8) is 0 Å². The third-order valence-corrected chi connectivity index (χ3v) is 9.87. The van der Waals surface area contributed by atoms with Gasteiger partial charge in [0.2, 0.25) is 0 Å². The Hall–Kier alpha value is -5.02. The van der Waals surface area contributed by atoms with Crippen molar-refractivity contribution < 1.29 is 9.52 Å². The van der Waals surface area contributed by atoms with E-state index in [2.05, 4.69) is 81.5 Å². The van der Waals surface area contributed by atoms with Crippen LogP contribution in [0.2, 0.25) is 5.02 Å². The summed E-state index contributed by atoms with van der Waals surface area (Å²) in [6.45, 7) is 1.47. The fraction of sp³-hybridized carbons (Fsp3) is 0.289. The molecule has 1 saturated heterocycles. The van der Waals surface area contributed by atoms with Crippen molar-refractivity contribution >= 4 is 17.6 Å². The fourth-order valence-corrected chi connectivity index (χ4v) is 7.19. The predicted molar refractivity (Wildman–Crippen MR) is 186 cm³/mol. The molecule has 2 aromatic heterocycles. The van der Waals surface area contributed by atoms with E-state index in [4.69, 9.17) is 11.6 Å². The third-order valence-electron chi connectivity index (χ3n) is 9.63. The van der Waals surface area contributed by atoms with Gasteiger partial charge in [-0.3, -0.25) is 0 Å². The topological polar surface area (TPSA) is 103 Å². The number of hydrogen-bond donors (Lipinski definition) is 1. The minimum atomic E-state index is -0.124. The lowest BCUT2D eigenvalue weighted by atomic mass is 9.84. The molecule has 2 amide bonds. The molecule has 0 saturated carbocycles. The number of likely N-dealkylation sites (tertiary alicyclic amines) is 1. The molecule has 3 aromatic carbocycles. The highest BCUT2D eigenvalue weighted by Crippen LogP contribution is 2.35. The summed E-state index contributed by atoms with van der Waals surface area (Å²) in [6, 6.07) is 28.7. The number of rotatable bonds is 9. The summed E-state index contributed by atoms with van der Waals surface area (Å²) in [7, 11) is 0. The maximum Gasteiger partial charge on any atom is 0.317 e. The molecule has 7 rings (SSSR count). The van der Waals surface area contributed by atoms with E-state index in [-0.39, 0.29) is 18.0 Å². The lowest BCUT2D eigenvalue weighted by Crippen LogP contribution is -2.47. The van der Waals surface area contributed by atoms with E-state index in [1.807, 2.05) is 35.2 Å². The second kappa shape index (κ2) is 14.4. The average Bonchev–Trinajstić information content (AvgIpc) is 3.85. The van der Waals surface area contributed by atoms with Crippen LogP contribution in [0.25, 0.3) is 16.8 Å². The van der Waals surface area contributed by atoms with Crippen molar-refractivity contribution in [3.8, 4) is 16.8 Å². The number of amides is 2. The molecule has 9 nitrogen and oxygen atoms in total. The van der Waals surface area contributed by atoms with Gasteiger partial charge in [0.05, 0.1) is 11.6 Å². The zero-order valence-electron chi connectivity index (χ0n) is 26.7. The van der Waals surface area contributed by atoms with E-state index < -0.39 is 0 Å². The number of piperidine rings is 1. The van der Waals surface area contributed by atoms with Gasteiger partial charge in [0, 0.05) is 41.3 Å². The molecular formula is C38H38ClN7O2. The summed E-state index contributed by atoms with van der Waals surface area (Å²) in [5, 5.41) is 29.2.